The summed E-state index contributed by atoms with van der Waals surface area (Å²) in [5.74, 6) is -0.512. The second-order valence-corrected chi connectivity index (χ2v) is 6.34. The smallest absolute Gasteiger partial charge is 0.276 e. The molecule has 6 nitrogen and oxygen atoms in total. The molecule has 0 aliphatic rings. The summed E-state index contributed by atoms with van der Waals surface area (Å²) in [5.41, 5.74) is 1.95. The summed E-state index contributed by atoms with van der Waals surface area (Å²) in [6.45, 7) is 1.81. The predicted octanol–water partition coefficient (Wildman–Crippen LogP) is 2.29. The molecule has 0 aliphatic heterocycles. The number of rotatable bonds is 3. The molecule has 0 saturated carbocycles. The van der Waals surface area contributed by atoms with Gasteiger partial charge in [-0.25, -0.2) is 0 Å². The Bertz CT molecular complexity index is 720. The largest absolute Gasteiger partial charge is 0.343 e. The highest BCUT2D eigenvalue weighted by Gasteiger charge is 2.22. The minimum absolute atomic E-state index is 0.240. The van der Waals surface area contributed by atoms with Crippen LogP contribution in [0.25, 0.3) is 0 Å². The molecule has 0 spiro atoms. The molecule has 1 heterocycles. The van der Waals surface area contributed by atoms with Crippen molar-refractivity contribution >= 4 is 40.1 Å². The molecule has 0 bridgehead atoms. The van der Waals surface area contributed by atoms with E-state index in [0.29, 0.717) is 11.3 Å². The number of nitrogens with zero attached hydrogens (tertiary/aromatic N) is 3. The Hall–Kier alpha value is -1.90. The Balaban J connectivity index is 2.34. The second kappa shape index (κ2) is 6.47. The maximum absolute atomic E-state index is 12.4. The van der Waals surface area contributed by atoms with Crippen molar-refractivity contribution < 1.29 is 9.59 Å². The monoisotopic (exact) mass is 412 g/mol. The van der Waals surface area contributed by atoms with E-state index in [4.69, 9.17) is 0 Å². The number of amides is 2. The molecule has 2 aromatic rings. The van der Waals surface area contributed by atoms with Crippen molar-refractivity contribution in [1.29, 1.82) is 0 Å². The molecule has 116 valence electrons. The van der Waals surface area contributed by atoms with Crippen molar-refractivity contribution in [3.63, 3.8) is 0 Å². The van der Waals surface area contributed by atoms with E-state index in [0.717, 1.165) is 9.26 Å². The Labute approximate surface area is 142 Å². The number of carbonyl (C=O) groups is 2. The number of carbonyl (C=O) groups excluding carboxylic acids is 2. The van der Waals surface area contributed by atoms with Crippen LogP contribution in [0.15, 0.2) is 24.3 Å². The molecule has 1 aromatic carbocycles. The van der Waals surface area contributed by atoms with E-state index in [-0.39, 0.29) is 17.5 Å². The van der Waals surface area contributed by atoms with E-state index in [1.165, 1.54) is 4.90 Å². The number of nitrogens with one attached hydrogen (secondary N) is 1. The zero-order chi connectivity index (χ0) is 16.4. The first-order chi connectivity index (χ1) is 10.3. The molecule has 0 aliphatic carbocycles. The molecule has 22 heavy (non-hydrogen) atoms. The number of hydrogen-bond acceptors (Lipinski definition) is 3. The number of aromatic nitrogens is 2. The van der Waals surface area contributed by atoms with Gasteiger partial charge in [0.2, 0.25) is 0 Å². The lowest BCUT2D eigenvalue weighted by Crippen LogP contribution is -2.24. The average Bonchev–Trinajstić information content (AvgIpc) is 2.75. The Kier molecular flexibility index (Phi) is 4.84. The van der Waals surface area contributed by atoms with Gasteiger partial charge in [-0.15, -0.1) is 0 Å². The summed E-state index contributed by atoms with van der Waals surface area (Å²) >= 11 is 2.18. The Morgan fingerprint density at radius 2 is 1.82 bits per heavy atom. The second-order valence-electron chi connectivity index (χ2n) is 5.09. The summed E-state index contributed by atoms with van der Waals surface area (Å²) in [4.78, 5) is 26.0. The van der Waals surface area contributed by atoms with E-state index in [2.05, 4.69) is 33.0 Å². The van der Waals surface area contributed by atoms with E-state index in [1.54, 1.807) is 38.0 Å². The van der Waals surface area contributed by atoms with Gasteiger partial charge in [0.1, 0.15) is 0 Å². The van der Waals surface area contributed by atoms with Gasteiger partial charge in [-0.2, -0.15) is 5.10 Å². The summed E-state index contributed by atoms with van der Waals surface area (Å²) in [6.07, 6.45) is 0. The quantitative estimate of drug-likeness (QED) is 0.787. The average molecular weight is 412 g/mol. The molecule has 2 amide bonds. The van der Waals surface area contributed by atoms with Gasteiger partial charge in [0.15, 0.2) is 5.69 Å². The van der Waals surface area contributed by atoms with Crippen molar-refractivity contribution in [2.75, 3.05) is 19.4 Å². The van der Waals surface area contributed by atoms with E-state index < -0.39 is 0 Å². The molecule has 7 heteroatoms. The van der Waals surface area contributed by atoms with Crippen molar-refractivity contribution in [3.8, 4) is 0 Å². The Morgan fingerprint density at radius 1 is 1.23 bits per heavy atom. The zero-order valence-electron chi connectivity index (χ0n) is 12.8. The van der Waals surface area contributed by atoms with Crippen LogP contribution in [-0.4, -0.2) is 40.6 Å². The fourth-order valence-corrected chi connectivity index (χ4v) is 2.27. The molecule has 1 N–H and O–H groups in total. The third-order valence-electron chi connectivity index (χ3n) is 3.29. The van der Waals surface area contributed by atoms with Gasteiger partial charge < -0.3 is 10.2 Å². The van der Waals surface area contributed by atoms with Gasteiger partial charge >= 0.3 is 0 Å². The number of hydrogen-bond donors (Lipinski definition) is 1. The van der Waals surface area contributed by atoms with Crippen LogP contribution in [0, 0.1) is 10.5 Å². The van der Waals surface area contributed by atoms with Crippen LogP contribution < -0.4 is 5.32 Å². The third-order valence-corrected chi connectivity index (χ3v) is 4.01. The highest BCUT2D eigenvalue weighted by molar-refractivity contribution is 14.1. The minimum Gasteiger partial charge on any atom is -0.343 e. The van der Waals surface area contributed by atoms with Gasteiger partial charge in [0.25, 0.3) is 11.8 Å². The SMILES string of the molecule is Cc1c(NC(=O)c2ccc(I)cc2)c(C(=O)N(C)C)nn1C. The molecule has 2 rings (SSSR count). The summed E-state index contributed by atoms with van der Waals surface area (Å²) in [6, 6.07) is 7.21. The topological polar surface area (TPSA) is 67.2 Å². The van der Waals surface area contributed by atoms with Crippen molar-refractivity contribution in [2.45, 2.75) is 6.92 Å². The summed E-state index contributed by atoms with van der Waals surface area (Å²) in [5, 5.41) is 7.00. The van der Waals surface area contributed by atoms with Crippen LogP contribution >= 0.6 is 22.6 Å². The lowest BCUT2D eigenvalue weighted by atomic mass is 10.2. The van der Waals surface area contributed by atoms with E-state index in [9.17, 15) is 9.59 Å². The molecule has 0 radical (unpaired) electrons. The van der Waals surface area contributed by atoms with Crippen molar-refractivity contribution in [1.82, 2.24) is 14.7 Å². The maximum atomic E-state index is 12.4. The van der Waals surface area contributed by atoms with Gasteiger partial charge in [-0.1, -0.05) is 0 Å². The molecule has 0 atom stereocenters. The maximum Gasteiger partial charge on any atom is 0.276 e. The van der Waals surface area contributed by atoms with Crippen LogP contribution in [-0.2, 0) is 7.05 Å². The van der Waals surface area contributed by atoms with Gasteiger partial charge in [-0.3, -0.25) is 14.3 Å². The molecular weight excluding hydrogens is 395 g/mol. The van der Waals surface area contributed by atoms with Crippen LogP contribution in [0.2, 0.25) is 0 Å². The van der Waals surface area contributed by atoms with Crippen molar-refractivity contribution in [3.05, 3.63) is 44.8 Å². The van der Waals surface area contributed by atoms with E-state index >= 15 is 0 Å². The fraction of sp³-hybridized carbons (Fsp3) is 0.267. The molecular formula is C15H17IN4O2. The van der Waals surface area contributed by atoms with Gasteiger partial charge in [-0.05, 0) is 53.8 Å². The third kappa shape index (κ3) is 3.29. The van der Waals surface area contributed by atoms with E-state index in [1.807, 2.05) is 19.1 Å². The van der Waals surface area contributed by atoms with Gasteiger partial charge in [0, 0.05) is 30.3 Å². The number of benzene rings is 1. The first-order valence-corrected chi connectivity index (χ1v) is 7.71. The number of aryl methyl sites for hydroxylation is 1. The van der Waals surface area contributed by atoms with Crippen LogP contribution in [0.1, 0.15) is 26.5 Å². The minimum atomic E-state index is -0.264. The molecule has 0 unspecified atom stereocenters. The first-order valence-electron chi connectivity index (χ1n) is 6.63. The van der Waals surface area contributed by atoms with Crippen LogP contribution in [0.4, 0.5) is 5.69 Å². The number of halogens is 1. The lowest BCUT2D eigenvalue weighted by Gasteiger charge is -2.11. The number of anilines is 1. The first kappa shape index (κ1) is 16.5. The standard InChI is InChI=1S/C15H17IN4O2/c1-9-12(13(18-20(9)4)15(22)19(2)3)17-14(21)10-5-7-11(16)8-6-10/h5-8H,1-4H3,(H,17,21). The summed E-state index contributed by atoms with van der Waals surface area (Å²) < 4.78 is 2.63. The highest BCUT2D eigenvalue weighted by Crippen LogP contribution is 2.21. The lowest BCUT2D eigenvalue weighted by molar-refractivity contribution is 0.0822. The molecule has 1 aromatic heterocycles. The van der Waals surface area contributed by atoms with Crippen LogP contribution in [0.3, 0.4) is 0 Å². The normalized spacial score (nSPS) is 10.4. The van der Waals surface area contributed by atoms with Gasteiger partial charge in [0.05, 0.1) is 11.4 Å². The van der Waals surface area contributed by atoms with Crippen LogP contribution in [0.5, 0.6) is 0 Å². The zero-order valence-corrected chi connectivity index (χ0v) is 15.0. The molecule has 0 fully saturated rings. The Morgan fingerprint density at radius 3 is 2.36 bits per heavy atom. The molecule has 0 saturated heterocycles. The van der Waals surface area contributed by atoms with Crippen molar-refractivity contribution in [2.24, 2.45) is 7.05 Å². The fourth-order valence-electron chi connectivity index (χ4n) is 1.91. The highest BCUT2D eigenvalue weighted by atomic mass is 127. The predicted molar refractivity (Wildman–Crippen MR) is 93.1 cm³/mol. The summed E-state index contributed by atoms with van der Waals surface area (Å²) in [7, 11) is 5.04.